The van der Waals surface area contributed by atoms with Gasteiger partial charge in [-0.15, -0.1) is 0 Å². The molecule has 1 amide bonds. The lowest BCUT2D eigenvalue weighted by molar-refractivity contribution is 0.158. The molecular formula is C25H20BrN3O2. The molecule has 0 radical (unpaired) electrons. The quantitative estimate of drug-likeness (QED) is 0.383. The Bertz CT molecular complexity index is 1220. The molecule has 0 saturated heterocycles. The number of nitrogens with one attached hydrogen (secondary N) is 1. The van der Waals surface area contributed by atoms with Gasteiger partial charge < -0.3 is 4.74 Å². The second kappa shape index (κ2) is 8.04. The van der Waals surface area contributed by atoms with Crippen LogP contribution in [0.15, 0.2) is 83.5 Å². The molecule has 0 aliphatic heterocycles. The third-order valence-electron chi connectivity index (χ3n) is 5.62. The van der Waals surface area contributed by atoms with Gasteiger partial charge in [-0.2, -0.15) is 5.10 Å². The lowest BCUT2D eigenvalue weighted by Crippen LogP contribution is -2.17. The van der Waals surface area contributed by atoms with Crippen LogP contribution < -0.4 is 5.32 Å². The van der Waals surface area contributed by atoms with Gasteiger partial charge in [0, 0.05) is 24.2 Å². The Balaban J connectivity index is 1.31. The van der Waals surface area contributed by atoms with Crippen LogP contribution in [0.2, 0.25) is 0 Å². The second-order valence-corrected chi connectivity index (χ2v) is 8.35. The van der Waals surface area contributed by atoms with Crippen molar-refractivity contribution in [3.8, 4) is 22.4 Å². The lowest BCUT2D eigenvalue weighted by atomic mass is 9.98. The zero-order valence-corrected chi connectivity index (χ0v) is 18.5. The molecule has 0 saturated carbocycles. The summed E-state index contributed by atoms with van der Waals surface area (Å²) in [6.07, 6.45) is 1.28. The molecule has 1 aliphatic carbocycles. The molecule has 1 aliphatic rings. The minimum Gasteiger partial charge on any atom is -0.448 e. The summed E-state index contributed by atoms with van der Waals surface area (Å²) in [5, 5.41) is 7.10. The third-order valence-corrected chi connectivity index (χ3v) is 6.20. The number of carbonyl (C=O) groups is 1. The summed E-state index contributed by atoms with van der Waals surface area (Å²) in [6, 6.07) is 24.2. The van der Waals surface area contributed by atoms with E-state index in [0.29, 0.717) is 5.69 Å². The minimum atomic E-state index is -0.469. The fourth-order valence-electron chi connectivity index (χ4n) is 4.23. The van der Waals surface area contributed by atoms with E-state index < -0.39 is 6.09 Å². The Labute approximate surface area is 188 Å². The zero-order chi connectivity index (χ0) is 21.4. The number of amides is 1. The van der Waals surface area contributed by atoms with Gasteiger partial charge in [0.05, 0.1) is 16.4 Å². The number of ether oxygens (including phenoxy) is 1. The molecule has 0 bridgehead atoms. The van der Waals surface area contributed by atoms with E-state index in [0.717, 1.165) is 15.7 Å². The number of aryl methyl sites for hydroxylation is 1. The number of hydrogen-bond donors (Lipinski definition) is 1. The maximum atomic E-state index is 12.6. The van der Waals surface area contributed by atoms with E-state index in [2.05, 4.69) is 50.6 Å². The predicted molar refractivity (Wildman–Crippen MR) is 125 cm³/mol. The Kier molecular flexibility index (Phi) is 5.08. The second-order valence-electron chi connectivity index (χ2n) is 7.50. The molecule has 3 aromatic carbocycles. The van der Waals surface area contributed by atoms with Gasteiger partial charge in [-0.25, -0.2) is 4.79 Å². The Morgan fingerprint density at radius 1 is 1.03 bits per heavy atom. The van der Waals surface area contributed by atoms with Crippen molar-refractivity contribution < 1.29 is 9.53 Å². The van der Waals surface area contributed by atoms with Gasteiger partial charge in [0.2, 0.25) is 0 Å². The largest absolute Gasteiger partial charge is 0.448 e. The molecule has 0 spiro atoms. The van der Waals surface area contributed by atoms with Crippen LogP contribution in [0, 0.1) is 0 Å². The first-order chi connectivity index (χ1) is 15.1. The molecule has 5 nitrogen and oxygen atoms in total. The van der Waals surface area contributed by atoms with Gasteiger partial charge in [-0.05, 0) is 50.3 Å². The SMILES string of the molecule is Cn1ncc(Br)c1-c1cccc(NC(=O)OCC2c3ccccc3-c3ccccc32)c1. The van der Waals surface area contributed by atoms with Crippen LogP contribution in [0.5, 0.6) is 0 Å². The molecule has 5 rings (SSSR count). The monoisotopic (exact) mass is 473 g/mol. The molecule has 0 unspecified atom stereocenters. The standard InChI is InChI=1S/C25H20BrN3O2/c1-29-24(23(26)14-27-29)16-7-6-8-17(13-16)28-25(30)31-15-22-20-11-4-2-9-18(20)19-10-3-5-12-21(19)22/h2-14,22H,15H2,1H3,(H,28,30). The van der Waals surface area contributed by atoms with E-state index in [1.807, 2.05) is 55.6 Å². The van der Waals surface area contributed by atoms with Gasteiger partial charge >= 0.3 is 6.09 Å². The average molecular weight is 474 g/mol. The van der Waals surface area contributed by atoms with E-state index in [-0.39, 0.29) is 12.5 Å². The number of aromatic nitrogens is 2. The molecule has 0 fully saturated rings. The van der Waals surface area contributed by atoms with Gasteiger partial charge in [0.1, 0.15) is 6.61 Å². The first kappa shape index (κ1) is 19.6. The van der Waals surface area contributed by atoms with Gasteiger partial charge in [0.15, 0.2) is 0 Å². The van der Waals surface area contributed by atoms with Crippen molar-refractivity contribution >= 4 is 27.7 Å². The molecule has 0 atom stereocenters. The first-order valence-electron chi connectivity index (χ1n) is 10.0. The van der Waals surface area contributed by atoms with Crippen LogP contribution in [0.1, 0.15) is 17.0 Å². The Hall–Kier alpha value is -3.38. The molecule has 31 heavy (non-hydrogen) atoms. The maximum absolute atomic E-state index is 12.6. The van der Waals surface area contributed by atoms with Crippen molar-refractivity contribution in [1.82, 2.24) is 9.78 Å². The number of nitrogens with zero attached hydrogens (tertiary/aromatic N) is 2. The summed E-state index contributed by atoms with van der Waals surface area (Å²) in [7, 11) is 1.88. The highest BCUT2D eigenvalue weighted by Crippen LogP contribution is 2.44. The summed E-state index contributed by atoms with van der Waals surface area (Å²) in [5.41, 5.74) is 7.37. The van der Waals surface area contributed by atoms with Crippen molar-refractivity contribution in [3.63, 3.8) is 0 Å². The third kappa shape index (κ3) is 3.64. The molecule has 154 valence electrons. The van der Waals surface area contributed by atoms with E-state index in [4.69, 9.17) is 4.74 Å². The smallest absolute Gasteiger partial charge is 0.411 e. The normalized spacial score (nSPS) is 12.3. The predicted octanol–water partition coefficient (Wildman–Crippen LogP) is 6.21. The molecule has 4 aromatic rings. The van der Waals surface area contributed by atoms with Gasteiger partial charge in [-0.1, -0.05) is 60.7 Å². The van der Waals surface area contributed by atoms with Crippen LogP contribution in [-0.4, -0.2) is 22.5 Å². The van der Waals surface area contributed by atoms with Crippen LogP contribution in [0.3, 0.4) is 0 Å². The number of fused-ring (bicyclic) bond motifs is 3. The molecule has 1 N–H and O–H groups in total. The summed E-state index contributed by atoms with van der Waals surface area (Å²) in [6.45, 7) is 0.285. The van der Waals surface area contributed by atoms with E-state index >= 15 is 0 Å². The van der Waals surface area contributed by atoms with Crippen LogP contribution in [-0.2, 0) is 11.8 Å². The molecule has 1 aromatic heterocycles. The highest BCUT2D eigenvalue weighted by molar-refractivity contribution is 9.10. The fourth-order valence-corrected chi connectivity index (χ4v) is 4.81. The number of halogens is 1. The minimum absolute atomic E-state index is 0.0369. The zero-order valence-electron chi connectivity index (χ0n) is 16.9. The topological polar surface area (TPSA) is 56.2 Å². The first-order valence-corrected chi connectivity index (χ1v) is 10.8. The maximum Gasteiger partial charge on any atom is 0.411 e. The number of hydrogen-bond acceptors (Lipinski definition) is 3. The van der Waals surface area contributed by atoms with Crippen molar-refractivity contribution in [1.29, 1.82) is 0 Å². The fraction of sp³-hybridized carbons (Fsp3) is 0.120. The number of benzene rings is 3. The van der Waals surface area contributed by atoms with Crippen LogP contribution in [0.25, 0.3) is 22.4 Å². The summed E-state index contributed by atoms with van der Waals surface area (Å²) in [4.78, 5) is 12.6. The highest BCUT2D eigenvalue weighted by atomic mass is 79.9. The average Bonchev–Trinajstić information content (AvgIpc) is 3.29. The van der Waals surface area contributed by atoms with Crippen molar-refractivity contribution in [3.05, 3.63) is 94.6 Å². The summed E-state index contributed by atoms with van der Waals surface area (Å²) >= 11 is 3.52. The molecular weight excluding hydrogens is 454 g/mol. The Morgan fingerprint density at radius 3 is 2.35 bits per heavy atom. The van der Waals surface area contributed by atoms with Crippen LogP contribution in [0.4, 0.5) is 10.5 Å². The summed E-state index contributed by atoms with van der Waals surface area (Å²) in [5.74, 6) is 0.0369. The lowest BCUT2D eigenvalue weighted by Gasteiger charge is -2.15. The number of carbonyl (C=O) groups excluding carboxylic acids is 1. The summed E-state index contributed by atoms with van der Waals surface area (Å²) < 4.78 is 8.33. The Morgan fingerprint density at radius 2 is 1.71 bits per heavy atom. The van der Waals surface area contributed by atoms with Gasteiger partial charge in [0.25, 0.3) is 0 Å². The molecule has 1 heterocycles. The van der Waals surface area contributed by atoms with E-state index in [1.165, 1.54) is 22.3 Å². The number of rotatable bonds is 4. The highest BCUT2D eigenvalue weighted by Gasteiger charge is 2.29. The van der Waals surface area contributed by atoms with Crippen LogP contribution >= 0.6 is 15.9 Å². The van der Waals surface area contributed by atoms with Crippen molar-refractivity contribution in [2.75, 3.05) is 11.9 Å². The number of anilines is 1. The van der Waals surface area contributed by atoms with Crippen molar-refractivity contribution in [2.45, 2.75) is 5.92 Å². The molecule has 6 heteroatoms. The van der Waals surface area contributed by atoms with E-state index in [1.54, 1.807) is 10.9 Å². The van der Waals surface area contributed by atoms with Crippen molar-refractivity contribution in [2.24, 2.45) is 7.05 Å². The van der Waals surface area contributed by atoms with Gasteiger partial charge in [-0.3, -0.25) is 10.00 Å². The van der Waals surface area contributed by atoms with E-state index in [9.17, 15) is 4.79 Å².